The average molecular weight is 312 g/mol. The van der Waals surface area contributed by atoms with Crippen LogP contribution in [0.2, 0.25) is 0 Å². The molecule has 0 saturated carbocycles. The van der Waals surface area contributed by atoms with E-state index < -0.39 is 0 Å². The minimum atomic E-state index is 0.939. The first-order chi connectivity index (χ1) is 11.9. The van der Waals surface area contributed by atoms with Crippen LogP contribution < -0.4 is 0 Å². The van der Waals surface area contributed by atoms with E-state index in [1.807, 2.05) is 12.4 Å². The Balaban J connectivity index is 1.69. The second-order valence-electron chi connectivity index (χ2n) is 6.11. The van der Waals surface area contributed by atoms with Crippen LogP contribution in [0.3, 0.4) is 0 Å². The summed E-state index contributed by atoms with van der Waals surface area (Å²) in [6.07, 6.45) is 6.90. The second kappa shape index (κ2) is 6.40. The quantitative estimate of drug-likeness (QED) is 0.522. The van der Waals surface area contributed by atoms with E-state index in [9.17, 15) is 0 Å². The van der Waals surface area contributed by atoms with E-state index in [2.05, 4.69) is 71.5 Å². The van der Waals surface area contributed by atoms with Gasteiger partial charge in [-0.15, -0.1) is 0 Å². The van der Waals surface area contributed by atoms with E-state index in [0.717, 1.165) is 24.8 Å². The number of rotatable bonds is 4. The lowest BCUT2D eigenvalue weighted by atomic mass is 9.96. The molecular weight excluding hydrogens is 292 g/mol. The van der Waals surface area contributed by atoms with Gasteiger partial charge in [0, 0.05) is 28.9 Å². The Kier molecular flexibility index (Phi) is 3.96. The summed E-state index contributed by atoms with van der Waals surface area (Å²) in [4.78, 5) is 9.26. The first kappa shape index (κ1) is 14.8. The first-order valence-corrected chi connectivity index (χ1v) is 8.55. The van der Waals surface area contributed by atoms with Gasteiger partial charge < -0.3 is 0 Å². The third-order valence-electron chi connectivity index (χ3n) is 4.72. The molecule has 0 amide bonds. The van der Waals surface area contributed by atoms with Gasteiger partial charge in [-0.05, 0) is 47.9 Å². The molecule has 0 saturated heterocycles. The lowest BCUT2D eigenvalue weighted by Crippen LogP contribution is -2.01. The third-order valence-corrected chi connectivity index (χ3v) is 4.72. The van der Waals surface area contributed by atoms with Crippen molar-refractivity contribution in [1.29, 1.82) is 0 Å². The third kappa shape index (κ3) is 2.65. The molecular formula is C22H20N2. The molecule has 0 radical (unpaired) electrons. The van der Waals surface area contributed by atoms with E-state index in [1.54, 1.807) is 0 Å². The van der Waals surface area contributed by atoms with Crippen molar-refractivity contribution in [2.75, 3.05) is 0 Å². The van der Waals surface area contributed by atoms with E-state index >= 15 is 0 Å². The number of para-hydroxylation sites is 1. The molecule has 2 aromatic carbocycles. The molecule has 2 nitrogen and oxygen atoms in total. The number of hydrogen-bond acceptors (Lipinski definition) is 2. The summed E-state index contributed by atoms with van der Waals surface area (Å²) in [6, 6.07) is 19.0. The fourth-order valence-electron chi connectivity index (χ4n) is 3.51. The monoisotopic (exact) mass is 312 g/mol. The topological polar surface area (TPSA) is 25.8 Å². The average Bonchev–Trinajstić information content (AvgIpc) is 2.65. The van der Waals surface area contributed by atoms with Gasteiger partial charge in [-0.25, -0.2) is 0 Å². The Morgan fingerprint density at radius 3 is 2.46 bits per heavy atom. The predicted octanol–water partition coefficient (Wildman–Crippen LogP) is 5.13. The molecule has 0 fully saturated rings. The molecule has 2 aromatic heterocycles. The molecule has 0 aliphatic carbocycles. The molecule has 0 N–H and O–H groups in total. The van der Waals surface area contributed by atoms with Crippen molar-refractivity contribution in [3.05, 3.63) is 83.8 Å². The van der Waals surface area contributed by atoms with Crippen LogP contribution in [-0.4, -0.2) is 9.97 Å². The SMILES string of the molecule is CCc1c(CCc2nccc3ccccc23)cnc2ccccc12. The maximum Gasteiger partial charge on any atom is 0.0704 e. The van der Waals surface area contributed by atoms with Crippen LogP contribution in [-0.2, 0) is 19.3 Å². The molecule has 24 heavy (non-hydrogen) atoms. The number of aromatic nitrogens is 2. The number of nitrogens with zero attached hydrogens (tertiary/aromatic N) is 2. The molecule has 118 valence electrons. The van der Waals surface area contributed by atoms with Gasteiger partial charge >= 0.3 is 0 Å². The fraction of sp³-hybridized carbons (Fsp3) is 0.182. The van der Waals surface area contributed by atoms with Crippen LogP contribution in [0, 0.1) is 0 Å². The standard InChI is InChI=1S/C22H20N2/c1-2-18-17(15-24-21-10-6-5-9-20(18)21)11-12-22-19-8-4-3-7-16(19)13-14-23-22/h3-10,13-15H,2,11-12H2,1H3. The van der Waals surface area contributed by atoms with Crippen molar-refractivity contribution < 1.29 is 0 Å². The number of pyridine rings is 2. The normalized spacial score (nSPS) is 11.2. The zero-order valence-electron chi connectivity index (χ0n) is 13.9. The van der Waals surface area contributed by atoms with Crippen molar-refractivity contribution in [2.45, 2.75) is 26.2 Å². The molecule has 0 unspecified atom stereocenters. The number of hydrogen-bond donors (Lipinski definition) is 0. The zero-order chi connectivity index (χ0) is 16.4. The Bertz CT molecular complexity index is 1000. The maximum absolute atomic E-state index is 4.64. The number of benzene rings is 2. The minimum Gasteiger partial charge on any atom is -0.261 e. The molecule has 0 spiro atoms. The lowest BCUT2D eigenvalue weighted by Gasteiger charge is -2.11. The Labute approximate surface area is 142 Å². The van der Waals surface area contributed by atoms with Gasteiger partial charge in [0.25, 0.3) is 0 Å². The summed E-state index contributed by atoms with van der Waals surface area (Å²) in [5.74, 6) is 0. The van der Waals surface area contributed by atoms with Gasteiger partial charge in [0.15, 0.2) is 0 Å². The summed E-state index contributed by atoms with van der Waals surface area (Å²) >= 11 is 0. The highest BCUT2D eigenvalue weighted by molar-refractivity contribution is 5.85. The molecule has 4 aromatic rings. The van der Waals surface area contributed by atoms with Gasteiger partial charge in [0.2, 0.25) is 0 Å². The van der Waals surface area contributed by atoms with Gasteiger partial charge in [-0.2, -0.15) is 0 Å². The maximum atomic E-state index is 4.64. The van der Waals surface area contributed by atoms with E-state index in [-0.39, 0.29) is 0 Å². The van der Waals surface area contributed by atoms with Gasteiger partial charge in [0.05, 0.1) is 5.52 Å². The first-order valence-electron chi connectivity index (χ1n) is 8.55. The van der Waals surface area contributed by atoms with Gasteiger partial charge in [-0.1, -0.05) is 49.4 Å². The summed E-state index contributed by atoms with van der Waals surface area (Å²) in [5, 5.41) is 3.80. The van der Waals surface area contributed by atoms with Crippen LogP contribution >= 0.6 is 0 Å². The molecule has 4 rings (SSSR count). The van der Waals surface area contributed by atoms with Crippen LogP contribution in [0.5, 0.6) is 0 Å². The highest BCUT2D eigenvalue weighted by Gasteiger charge is 2.09. The molecule has 2 heterocycles. The van der Waals surface area contributed by atoms with Crippen molar-refractivity contribution >= 4 is 21.7 Å². The molecule has 0 atom stereocenters. The van der Waals surface area contributed by atoms with Gasteiger partial charge in [0.1, 0.15) is 0 Å². The number of aryl methyl sites for hydroxylation is 3. The molecule has 0 bridgehead atoms. The van der Waals surface area contributed by atoms with Crippen molar-refractivity contribution in [3.8, 4) is 0 Å². The largest absolute Gasteiger partial charge is 0.261 e. The smallest absolute Gasteiger partial charge is 0.0704 e. The summed E-state index contributed by atoms with van der Waals surface area (Å²) < 4.78 is 0. The summed E-state index contributed by atoms with van der Waals surface area (Å²) in [5.41, 5.74) is 5.01. The van der Waals surface area contributed by atoms with Gasteiger partial charge in [-0.3, -0.25) is 9.97 Å². The predicted molar refractivity (Wildman–Crippen MR) is 100 cm³/mol. The second-order valence-corrected chi connectivity index (χ2v) is 6.11. The Morgan fingerprint density at radius 1 is 0.792 bits per heavy atom. The minimum absolute atomic E-state index is 0.939. The summed E-state index contributed by atoms with van der Waals surface area (Å²) in [6.45, 7) is 2.22. The van der Waals surface area contributed by atoms with E-state index in [1.165, 1.54) is 33.0 Å². The highest BCUT2D eigenvalue weighted by Crippen LogP contribution is 2.23. The Morgan fingerprint density at radius 2 is 1.58 bits per heavy atom. The van der Waals surface area contributed by atoms with E-state index in [0.29, 0.717) is 0 Å². The van der Waals surface area contributed by atoms with Crippen LogP contribution in [0.1, 0.15) is 23.7 Å². The summed E-state index contributed by atoms with van der Waals surface area (Å²) in [7, 11) is 0. The zero-order valence-corrected chi connectivity index (χ0v) is 13.9. The van der Waals surface area contributed by atoms with Crippen LogP contribution in [0.25, 0.3) is 21.7 Å². The van der Waals surface area contributed by atoms with Crippen molar-refractivity contribution in [2.24, 2.45) is 0 Å². The van der Waals surface area contributed by atoms with Crippen LogP contribution in [0.4, 0.5) is 0 Å². The fourth-order valence-corrected chi connectivity index (χ4v) is 3.51. The Hall–Kier alpha value is -2.74. The number of fused-ring (bicyclic) bond motifs is 2. The van der Waals surface area contributed by atoms with Crippen molar-refractivity contribution in [1.82, 2.24) is 9.97 Å². The lowest BCUT2D eigenvalue weighted by molar-refractivity contribution is 0.902. The molecule has 0 aliphatic heterocycles. The van der Waals surface area contributed by atoms with E-state index in [4.69, 9.17) is 0 Å². The molecule has 0 aliphatic rings. The highest BCUT2D eigenvalue weighted by atomic mass is 14.7. The van der Waals surface area contributed by atoms with Crippen molar-refractivity contribution in [3.63, 3.8) is 0 Å². The molecule has 2 heteroatoms. The van der Waals surface area contributed by atoms with Crippen LogP contribution in [0.15, 0.2) is 67.0 Å².